The van der Waals surface area contributed by atoms with Gasteiger partial charge >= 0.3 is 0 Å². The van der Waals surface area contributed by atoms with E-state index in [0.717, 1.165) is 10.6 Å². The molecule has 0 saturated heterocycles. The van der Waals surface area contributed by atoms with Crippen LogP contribution in [0.5, 0.6) is 11.5 Å². The zero-order chi connectivity index (χ0) is 33.2. The summed E-state index contributed by atoms with van der Waals surface area (Å²) in [5, 5.41) is 15.4. The fourth-order valence-electron chi connectivity index (χ4n) is 3.73. The highest BCUT2D eigenvalue weighted by Crippen LogP contribution is 2.33. The number of anilines is 3. The van der Waals surface area contributed by atoms with Crippen molar-refractivity contribution in [1.29, 1.82) is 5.26 Å². The van der Waals surface area contributed by atoms with E-state index in [0.29, 0.717) is 17.1 Å². The van der Waals surface area contributed by atoms with E-state index in [9.17, 15) is 19.6 Å². The van der Waals surface area contributed by atoms with E-state index < -0.39 is 17.7 Å². The molecule has 1 aromatic heterocycles. The van der Waals surface area contributed by atoms with Crippen LogP contribution in [0.2, 0.25) is 5.02 Å². The highest BCUT2D eigenvalue weighted by atomic mass is 35.5. The van der Waals surface area contributed by atoms with Crippen LogP contribution in [0.25, 0.3) is 0 Å². The molecule has 3 amide bonds. The van der Waals surface area contributed by atoms with E-state index in [-0.39, 0.29) is 48.1 Å². The lowest BCUT2D eigenvalue weighted by Crippen LogP contribution is -2.36. The highest BCUT2D eigenvalue weighted by molar-refractivity contribution is 6.32. The number of nitriles is 1. The number of imide groups is 1. The summed E-state index contributed by atoms with van der Waals surface area (Å²) in [5.74, 6) is -0.961. The monoisotopic (exact) mass is 627 g/mol. The summed E-state index contributed by atoms with van der Waals surface area (Å²) >= 11 is 6.33. The molecule has 0 aliphatic carbocycles. The summed E-state index contributed by atoms with van der Waals surface area (Å²) in [6.45, 7) is 15.4. The van der Waals surface area contributed by atoms with Crippen LogP contribution in [-0.2, 0) is 21.0 Å². The molecule has 0 fully saturated rings. The van der Waals surface area contributed by atoms with E-state index in [1.807, 2.05) is 18.2 Å². The highest BCUT2D eigenvalue weighted by Gasteiger charge is 2.25. The molecule has 0 spiro atoms. The maximum atomic E-state index is 12.8. The van der Waals surface area contributed by atoms with Gasteiger partial charge in [-0.2, -0.15) is 5.26 Å². The Morgan fingerprint density at radius 3 is 2.24 bits per heavy atom. The molecule has 11 heteroatoms. The van der Waals surface area contributed by atoms with E-state index >= 15 is 0 Å². The lowest BCUT2D eigenvalue weighted by atomic mass is 10.2. The molecule has 0 atom stereocenters. The third kappa shape index (κ3) is 10.5. The molecule has 0 aliphatic rings. The normalized spacial score (nSPS) is 10.2. The summed E-state index contributed by atoms with van der Waals surface area (Å²) in [5.41, 5.74) is 1.56. The summed E-state index contributed by atoms with van der Waals surface area (Å²) in [6.07, 6.45) is 5.61. The molecular weight excluding hydrogens is 594 g/mol. The van der Waals surface area contributed by atoms with Crippen LogP contribution in [-0.4, -0.2) is 29.3 Å². The van der Waals surface area contributed by atoms with Gasteiger partial charge in [-0.05, 0) is 49.4 Å². The topological polar surface area (TPSA) is 134 Å². The number of halogens is 1. The largest absolute Gasteiger partial charge is 0.492 e. The molecule has 232 valence electrons. The summed E-state index contributed by atoms with van der Waals surface area (Å²) in [6, 6.07) is 16.7. The second-order valence-electron chi connectivity index (χ2n) is 8.75. The van der Waals surface area contributed by atoms with Crippen LogP contribution < -0.4 is 25.0 Å². The van der Waals surface area contributed by atoms with E-state index in [4.69, 9.17) is 21.1 Å². The molecule has 0 aliphatic heterocycles. The second-order valence-corrected chi connectivity index (χ2v) is 9.15. The lowest BCUT2D eigenvalue weighted by molar-refractivity contribution is -0.125. The Bertz CT molecular complexity index is 1560. The summed E-state index contributed by atoms with van der Waals surface area (Å²) < 4.78 is 11.4. The van der Waals surface area contributed by atoms with Crippen molar-refractivity contribution >= 4 is 46.4 Å². The van der Waals surface area contributed by atoms with Crippen molar-refractivity contribution in [2.45, 2.75) is 26.4 Å². The van der Waals surface area contributed by atoms with Crippen molar-refractivity contribution < 1.29 is 23.9 Å². The number of pyridine rings is 1. The fourth-order valence-corrected chi connectivity index (χ4v) is 3.97. The molecule has 3 rings (SSSR count). The number of ether oxygens (including phenoxy) is 2. The van der Waals surface area contributed by atoms with Crippen molar-refractivity contribution in [2.24, 2.45) is 0 Å². The zero-order valence-corrected chi connectivity index (χ0v) is 25.7. The number of amides is 3. The van der Waals surface area contributed by atoms with Crippen molar-refractivity contribution in [1.82, 2.24) is 4.98 Å². The summed E-state index contributed by atoms with van der Waals surface area (Å²) in [7, 11) is 0. The first-order chi connectivity index (χ1) is 21.8. The van der Waals surface area contributed by atoms with Crippen LogP contribution >= 0.6 is 11.6 Å². The quantitative estimate of drug-likeness (QED) is 0.111. The number of nitrogens with one attached hydrogen (secondary N) is 2. The van der Waals surface area contributed by atoms with Crippen molar-refractivity contribution in [3.05, 3.63) is 122 Å². The van der Waals surface area contributed by atoms with Crippen LogP contribution in [0.1, 0.15) is 25.5 Å². The first-order valence-corrected chi connectivity index (χ1v) is 14.0. The third-order valence-electron chi connectivity index (χ3n) is 5.68. The Kier molecular flexibility index (Phi) is 14.8. The maximum absolute atomic E-state index is 12.8. The van der Waals surface area contributed by atoms with Gasteiger partial charge in [0.25, 0.3) is 5.91 Å². The summed E-state index contributed by atoms with van der Waals surface area (Å²) in [4.78, 5) is 43.5. The van der Waals surface area contributed by atoms with Gasteiger partial charge in [-0.25, -0.2) is 4.90 Å². The molecule has 0 saturated carbocycles. The van der Waals surface area contributed by atoms with Gasteiger partial charge in [-0.1, -0.05) is 29.8 Å². The van der Waals surface area contributed by atoms with Gasteiger partial charge in [0.1, 0.15) is 29.7 Å². The number of nitrogens with zero attached hydrogens (tertiary/aromatic N) is 3. The number of rotatable bonds is 14. The van der Waals surface area contributed by atoms with E-state index in [1.54, 1.807) is 43.5 Å². The van der Waals surface area contributed by atoms with E-state index in [1.165, 1.54) is 30.5 Å². The molecule has 1 heterocycles. The number of hydrogen-bond donors (Lipinski definition) is 2. The minimum atomic E-state index is -0.675. The van der Waals surface area contributed by atoms with Gasteiger partial charge in [0.05, 0.1) is 23.0 Å². The average molecular weight is 628 g/mol. The number of aromatic nitrogens is 1. The third-order valence-corrected chi connectivity index (χ3v) is 5.97. The van der Waals surface area contributed by atoms with Gasteiger partial charge in [-0.15, -0.1) is 26.3 Å². The smallest absolute Gasteiger partial charge is 0.267 e. The first-order valence-electron chi connectivity index (χ1n) is 13.7. The predicted molar refractivity (Wildman–Crippen MR) is 177 cm³/mol. The molecule has 0 bridgehead atoms. The minimum absolute atomic E-state index is 0.0516. The van der Waals surface area contributed by atoms with Gasteiger partial charge < -0.3 is 20.1 Å². The van der Waals surface area contributed by atoms with Gasteiger partial charge in [0, 0.05) is 42.7 Å². The van der Waals surface area contributed by atoms with Crippen LogP contribution in [0.4, 0.5) is 17.1 Å². The lowest BCUT2D eigenvalue weighted by Gasteiger charge is -2.23. The van der Waals surface area contributed by atoms with Crippen molar-refractivity contribution in [3.63, 3.8) is 0 Å². The molecule has 2 N–H and O–H groups in total. The van der Waals surface area contributed by atoms with Crippen LogP contribution in [0, 0.1) is 11.3 Å². The number of hydrogen-bond acceptors (Lipinski definition) is 8. The fraction of sp³-hybridized carbons (Fsp3) is 0.147. The predicted octanol–water partition coefficient (Wildman–Crippen LogP) is 6.98. The number of benzene rings is 2. The zero-order valence-electron chi connectivity index (χ0n) is 24.9. The number of carbonyl (C=O) groups is 3. The Morgan fingerprint density at radius 2 is 1.67 bits per heavy atom. The molecule has 45 heavy (non-hydrogen) atoms. The SMILES string of the molecule is C=C.C=CCC(=O)N(C(=O)CC=C)c1ccc(N/C=C(\C#N)C(=O)Nc2ccc(OCc3ccccn3)c(Cl)c2)cc1OCC. The Morgan fingerprint density at radius 1 is 0.978 bits per heavy atom. The average Bonchev–Trinajstić information content (AvgIpc) is 3.04. The molecule has 10 nitrogen and oxygen atoms in total. The second kappa shape index (κ2) is 18.8. The van der Waals surface area contributed by atoms with Crippen molar-refractivity contribution in [3.8, 4) is 17.6 Å². The molecular formula is C34H34ClN5O5. The van der Waals surface area contributed by atoms with Crippen molar-refractivity contribution in [2.75, 3.05) is 22.1 Å². The van der Waals surface area contributed by atoms with Crippen LogP contribution in [0.15, 0.2) is 111 Å². The number of carbonyl (C=O) groups excluding carboxylic acids is 3. The molecule has 0 radical (unpaired) electrons. The minimum Gasteiger partial charge on any atom is -0.492 e. The van der Waals surface area contributed by atoms with Gasteiger partial charge in [0.2, 0.25) is 11.8 Å². The van der Waals surface area contributed by atoms with Gasteiger partial charge in [0.15, 0.2) is 0 Å². The van der Waals surface area contributed by atoms with E-state index in [2.05, 4.69) is 41.9 Å². The maximum Gasteiger partial charge on any atom is 0.267 e. The standard InChI is InChI=1S/C32H30ClN5O5.C2H4/c1-4-9-30(39)38(31(40)10-5-2)27-14-12-23(18-29(27)42-6-3)36-20-22(19-34)32(41)37-24-13-15-28(26(33)17-24)43-21-25-11-7-8-16-35-25;1-2/h4-5,7-8,11-18,20,36H,1-2,6,9-10,21H2,3H3,(H,37,41);1-2H2/b22-20+;. The first kappa shape index (κ1) is 35.5. The Balaban J connectivity index is 0.00000345. The molecule has 3 aromatic rings. The Labute approximate surface area is 267 Å². The Hall–Kier alpha value is -5.66. The van der Waals surface area contributed by atoms with Gasteiger partial charge in [-0.3, -0.25) is 19.4 Å². The molecule has 2 aromatic carbocycles. The molecule has 0 unspecified atom stereocenters. The van der Waals surface area contributed by atoms with Crippen LogP contribution in [0.3, 0.4) is 0 Å².